The molecule has 0 aliphatic carbocycles. The van der Waals surface area contributed by atoms with Crippen LogP contribution in [-0.2, 0) is 14.3 Å². The SMILES string of the molecule is CCCCCC(=O)C(O)(C(=O)OC)C(F)(F)F. The lowest BCUT2D eigenvalue weighted by Gasteiger charge is -2.25. The molecule has 1 N–H and O–H groups in total. The maximum atomic E-state index is 12.5. The summed E-state index contributed by atoms with van der Waals surface area (Å²) in [6.45, 7) is 1.81. The fourth-order valence-corrected chi connectivity index (χ4v) is 1.25. The first-order valence-electron chi connectivity index (χ1n) is 5.12. The number of hydrogen-bond acceptors (Lipinski definition) is 4. The molecule has 4 nitrogen and oxygen atoms in total. The maximum absolute atomic E-state index is 12.5. The highest BCUT2D eigenvalue weighted by Gasteiger charge is 2.65. The second-order valence-electron chi connectivity index (χ2n) is 3.58. The number of rotatable bonds is 6. The maximum Gasteiger partial charge on any atom is 0.435 e. The molecule has 0 saturated carbocycles. The molecule has 1 unspecified atom stereocenters. The molecule has 0 saturated heterocycles. The third-order valence-corrected chi connectivity index (χ3v) is 2.30. The van der Waals surface area contributed by atoms with Gasteiger partial charge in [-0.25, -0.2) is 4.79 Å². The molecule has 0 radical (unpaired) electrons. The number of halogens is 3. The highest BCUT2D eigenvalue weighted by atomic mass is 19.4. The third kappa shape index (κ3) is 3.42. The monoisotopic (exact) mass is 256 g/mol. The molecule has 0 spiro atoms. The average Bonchev–Trinajstić information content (AvgIpc) is 2.25. The number of hydrogen-bond donors (Lipinski definition) is 1. The average molecular weight is 256 g/mol. The summed E-state index contributed by atoms with van der Waals surface area (Å²) in [5.41, 5.74) is -4.05. The number of alkyl halides is 3. The van der Waals surface area contributed by atoms with E-state index in [0.717, 1.165) is 0 Å². The number of ketones is 1. The van der Waals surface area contributed by atoms with Gasteiger partial charge in [-0.2, -0.15) is 13.2 Å². The van der Waals surface area contributed by atoms with Crippen molar-refractivity contribution in [1.29, 1.82) is 0 Å². The number of ether oxygens (including phenoxy) is 1. The Morgan fingerprint density at radius 1 is 1.24 bits per heavy atom. The van der Waals surface area contributed by atoms with Gasteiger partial charge in [0.2, 0.25) is 0 Å². The van der Waals surface area contributed by atoms with Crippen LogP contribution in [0.1, 0.15) is 32.6 Å². The summed E-state index contributed by atoms with van der Waals surface area (Å²) in [6.07, 6.45) is -4.45. The second-order valence-corrected chi connectivity index (χ2v) is 3.58. The van der Waals surface area contributed by atoms with Gasteiger partial charge in [0.1, 0.15) is 0 Å². The van der Waals surface area contributed by atoms with Crippen molar-refractivity contribution in [3.8, 4) is 0 Å². The van der Waals surface area contributed by atoms with Crippen LogP contribution in [0.3, 0.4) is 0 Å². The lowest BCUT2D eigenvalue weighted by atomic mass is 9.93. The fourth-order valence-electron chi connectivity index (χ4n) is 1.25. The van der Waals surface area contributed by atoms with E-state index in [2.05, 4.69) is 4.74 Å². The molecule has 17 heavy (non-hydrogen) atoms. The van der Waals surface area contributed by atoms with Crippen molar-refractivity contribution in [2.45, 2.75) is 44.4 Å². The zero-order valence-electron chi connectivity index (χ0n) is 9.63. The first-order valence-corrected chi connectivity index (χ1v) is 5.12. The standard InChI is InChI=1S/C10H15F3O4/c1-3-4-5-6-7(14)9(16,8(15)17-2)10(11,12)13/h16H,3-6H2,1-2H3. The predicted octanol–water partition coefficient (Wildman–Crippen LogP) is 1.60. The lowest BCUT2D eigenvalue weighted by Crippen LogP contribution is -2.58. The number of carbonyl (C=O) groups is 2. The molecular weight excluding hydrogens is 241 g/mol. The van der Waals surface area contributed by atoms with Gasteiger partial charge in [0.15, 0.2) is 5.78 Å². The van der Waals surface area contributed by atoms with Crippen LogP contribution < -0.4 is 0 Å². The minimum Gasteiger partial charge on any atom is -0.466 e. The van der Waals surface area contributed by atoms with Gasteiger partial charge < -0.3 is 9.84 Å². The van der Waals surface area contributed by atoms with Gasteiger partial charge in [-0.3, -0.25) is 4.79 Å². The molecule has 0 fully saturated rings. The Labute approximate surface area is 96.8 Å². The van der Waals surface area contributed by atoms with Crippen molar-refractivity contribution < 1.29 is 32.6 Å². The van der Waals surface area contributed by atoms with Gasteiger partial charge >= 0.3 is 17.7 Å². The second kappa shape index (κ2) is 6.00. The van der Waals surface area contributed by atoms with E-state index in [0.29, 0.717) is 20.0 Å². The molecule has 7 heteroatoms. The molecule has 0 amide bonds. The van der Waals surface area contributed by atoms with Crippen LogP contribution in [0.5, 0.6) is 0 Å². The molecule has 0 heterocycles. The van der Waals surface area contributed by atoms with Gasteiger partial charge in [-0.15, -0.1) is 0 Å². The Morgan fingerprint density at radius 2 is 1.76 bits per heavy atom. The van der Waals surface area contributed by atoms with E-state index >= 15 is 0 Å². The van der Waals surface area contributed by atoms with Crippen molar-refractivity contribution in [3.05, 3.63) is 0 Å². The molecule has 1 atom stereocenters. The summed E-state index contributed by atoms with van der Waals surface area (Å²) in [6, 6.07) is 0. The molecule has 0 aliphatic heterocycles. The number of unbranched alkanes of at least 4 members (excludes halogenated alkanes) is 2. The summed E-state index contributed by atoms with van der Waals surface area (Å²) in [5.74, 6) is -3.57. The zero-order valence-corrected chi connectivity index (χ0v) is 9.63. The quantitative estimate of drug-likeness (QED) is 0.445. The Hall–Kier alpha value is -1.11. The van der Waals surface area contributed by atoms with Gasteiger partial charge in [0.25, 0.3) is 0 Å². The highest BCUT2D eigenvalue weighted by molar-refractivity contribution is 6.07. The molecule has 100 valence electrons. The molecule has 0 bridgehead atoms. The lowest BCUT2D eigenvalue weighted by molar-refractivity contribution is -0.253. The van der Waals surface area contributed by atoms with Crippen molar-refractivity contribution in [3.63, 3.8) is 0 Å². The normalized spacial score (nSPS) is 15.2. The Kier molecular flexibility index (Phi) is 5.60. The summed E-state index contributed by atoms with van der Waals surface area (Å²) in [7, 11) is 0.679. The first kappa shape index (κ1) is 15.9. The molecule has 0 aromatic heterocycles. The van der Waals surface area contributed by atoms with Crippen LogP contribution in [0, 0.1) is 0 Å². The number of carbonyl (C=O) groups excluding carboxylic acids is 2. The Balaban J connectivity index is 4.94. The van der Waals surface area contributed by atoms with Crippen LogP contribution >= 0.6 is 0 Å². The summed E-state index contributed by atoms with van der Waals surface area (Å²) >= 11 is 0. The van der Waals surface area contributed by atoms with E-state index in [-0.39, 0.29) is 6.42 Å². The van der Waals surface area contributed by atoms with Crippen LogP contribution in [0.15, 0.2) is 0 Å². The van der Waals surface area contributed by atoms with E-state index in [1.807, 2.05) is 0 Å². The van der Waals surface area contributed by atoms with E-state index in [9.17, 15) is 27.9 Å². The van der Waals surface area contributed by atoms with Crippen LogP contribution in [0.4, 0.5) is 13.2 Å². The Morgan fingerprint density at radius 3 is 2.12 bits per heavy atom. The minimum absolute atomic E-state index is 0.185. The minimum atomic E-state index is -5.37. The smallest absolute Gasteiger partial charge is 0.435 e. The van der Waals surface area contributed by atoms with Gasteiger partial charge in [0.05, 0.1) is 7.11 Å². The first-order chi connectivity index (χ1) is 7.71. The number of methoxy groups -OCH3 is 1. The predicted molar refractivity (Wildman–Crippen MR) is 52.2 cm³/mol. The fraction of sp³-hybridized carbons (Fsp3) is 0.800. The third-order valence-electron chi connectivity index (χ3n) is 2.30. The van der Waals surface area contributed by atoms with Crippen molar-refractivity contribution >= 4 is 11.8 Å². The summed E-state index contributed by atoms with van der Waals surface area (Å²) in [4.78, 5) is 22.3. The Bertz CT molecular complexity index is 288. The van der Waals surface area contributed by atoms with Crippen LogP contribution in [0.2, 0.25) is 0 Å². The van der Waals surface area contributed by atoms with Crippen LogP contribution in [0.25, 0.3) is 0 Å². The molecule has 0 aromatic rings. The number of Topliss-reactive ketones (excluding diaryl/α,β-unsaturated/α-hetero) is 1. The number of esters is 1. The van der Waals surface area contributed by atoms with E-state index < -0.39 is 30.0 Å². The molecule has 0 aromatic carbocycles. The topological polar surface area (TPSA) is 63.6 Å². The molecular formula is C10H15F3O4. The van der Waals surface area contributed by atoms with Gasteiger partial charge in [-0.05, 0) is 6.42 Å². The van der Waals surface area contributed by atoms with Crippen molar-refractivity contribution in [2.24, 2.45) is 0 Å². The van der Waals surface area contributed by atoms with Crippen molar-refractivity contribution in [1.82, 2.24) is 0 Å². The summed E-state index contributed by atoms with van der Waals surface area (Å²) < 4.78 is 41.4. The van der Waals surface area contributed by atoms with Gasteiger partial charge in [-0.1, -0.05) is 19.8 Å². The summed E-state index contributed by atoms with van der Waals surface area (Å²) in [5, 5.41) is 9.24. The van der Waals surface area contributed by atoms with E-state index in [1.165, 1.54) is 0 Å². The largest absolute Gasteiger partial charge is 0.466 e. The zero-order chi connectivity index (χ0) is 13.7. The molecule has 0 rings (SSSR count). The molecule has 0 aliphatic rings. The number of aliphatic hydroxyl groups is 1. The van der Waals surface area contributed by atoms with E-state index in [1.54, 1.807) is 6.92 Å². The van der Waals surface area contributed by atoms with Gasteiger partial charge in [0, 0.05) is 6.42 Å². The van der Waals surface area contributed by atoms with E-state index in [4.69, 9.17) is 0 Å². The highest BCUT2D eigenvalue weighted by Crippen LogP contribution is 2.33. The van der Waals surface area contributed by atoms with Crippen molar-refractivity contribution in [2.75, 3.05) is 7.11 Å². The van der Waals surface area contributed by atoms with Crippen LogP contribution in [-0.4, -0.2) is 35.7 Å².